The highest BCUT2D eigenvalue weighted by atomic mass is 19.1. The number of benzene rings is 3. The normalized spacial score (nSPS) is 16.8. The second-order valence-electron chi connectivity index (χ2n) is 11.5. The summed E-state index contributed by atoms with van der Waals surface area (Å²) in [6.45, 7) is 11.4. The van der Waals surface area contributed by atoms with Crippen molar-refractivity contribution in [3.8, 4) is 5.75 Å². The molecule has 0 fully saturated rings. The Balaban J connectivity index is 1.57. The first kappa shape index (κ1) is 27.8. The molecule has 1 aromatic heterocycles. The van der Waals surface area contributed by atoms with Crippen molar-refractivity contribution >= 4 is 17.0 Å². The number of carboxylic acids is 1. The molecule has 0 amide bonds. The van der Waals surface area contributed by atoms with E-state index in [1.165, 1.54) is 6.07 Å². The molecule has 210 valence electrons. The molecule has 5 rings (SSSR count). The van der Waals surface area contributed by atoms with Crippen molar-refractivity contribution in [1.29, 1.82) is 0 Å². The van der Waals surface area contributed by atoms with E-state index in [9.17, 15) is 14.3 Å². The molecule has 1 N–H and O–H groups in total. The van der Waals surface area contributed by atoms with Crippen LogP contribution in [0, 0.1) is 25.1 Å². The van der Waals surface area contributed by atoms with Crippen LogP contribution in [0.2, 0.25) is 0 Å². The number of carbonyl (C=O) groups is 1. The third-order valence-electron chi connectivity index (χ3n) is 8.43. The molecule has 8 heteroatoms. The molecule has 40 heavy (non-hydrogen) atoms. The lowest BCUT2D eigenvalue weighted by atomic mass is 9.69. The number of carboxylic acid groups (broad SMARTS) is 1. The maximum atomic E-state index is 14.8. The van der Waals surface area contributed by atoms with Gasteiger partial charge in [0.25, 0.3) is 0 Å². The molecule has 0 bridgehead atoms. The molecule has 0 radical (unpaired) electrons. The second-order valence-corrected chi connectivity index (χ2v) is 11.5. The molecule has 4 aromatic rings. The van der Waals surface area contributed by atoms with E-state index in [1.807, 2.05) is 38.2 Å². The van der Waals surface area contributed by atoms with Gasteiger partial charge < -0.3 is 9.84 Å². The molecule has 2 atom stereocenters. The average molecular weight is 545 g/mol. The number of aryl methyl sites for hydroxylation is 3. The molecule has 0 saturated heterocycles. The van der Waals surface area contributed by atoms with E-state index in [-0.39, 0.29) is 11.9 Å². The quantitative estimate of drug-likeness (QED) is 0.301. The predicted molar refractivity (Wildman–Crippen MR) is 153 cm³/mol. The van der Waals surface area contributed by atoms with Crippen LogP contribution in [-0.2, 0) is 24.9 Å². The van der Waals surface area contributed by atoms with Crippen LogP contribution in [0.3, 0.4) is 0 Å². The summed E-state index contributed by atoms with van der Waals surface area (Å²) in [5.74, 6) is -0.952. The van der Waals surface area contributed by atoms with E-state index >= 15 is 0 Å². The number of aromatic nitrogens is 3. The Morgan fingerprint density at radius 1 is 1.20 bits per heavy atom. The monoisotopic (exact) mass is 544 g/mol. The summed E-state index contributed by atoms with van der Waals surface area (Å²) < 4.78 is 22.7. The van der Waals surface area contributed by atoms with Crippen LogP contribution < -0.4 is 4.74 Å². The van der Waals surface area contributed by atoms with Crippen LogP contribution in [0.15, 0.2) is 48.5 Å². The number of hydrogen-bond donors (Lipinski definition) is 1. The smallest absolute Gasteiger partial charge is 0.310 e. The predicted octanol–water partition coefficient (Wildman–Crippen LogP) is 6.14. The number of hydrogen-bond acceptors (Lipinski definition) is 5. The van der Waals surface area contributed by atoms with Crippen molar-refractivity contribution in [1.82, 2.24) is 19.9 Å². The molecule has 0 spiro atoms. The van der Waals surface area contributed by atoms with Crippen molar-refractivity contribution < 1.29 is 19.0 Å². The fourth-order valence-corrected chi connectivity index (χ4v) is 5.88. The van der Waals surface area contributed by atoms with Gasteiger partial charge in [0.15, 0.2) is 0 Å². The first-order valence-electron chi connectivity index (χ1n) is 13.8. The van der Waals surface area contributed by atoms with E-state index in [0.29, 0.717) is 30.9 Å². The summed E-state index contributed by atoms with van der Waals surface area (Å²) in [7, 11) is 1.85. The zero-order valence-electron chi connectivity index (χ0n) is 24.0. The van der Waals surface area contributed by atoms with Gasteiger partial charge in [0.05, 0.1) is 10.9 Å². The SMILES string of the molecule is CCC1CN(Cc2cc(C(c3ccc4c(nnn4C)c3C)C(C)(C)C(=O)O)ccc2C)Cc2c(F)cccc2O1. The first-order chi connectivity index (χ1) is 19.0. The number of fused-ring (bicyclic) bond motifs is 2. The Bertz CT molecular complexity index is 1580. The Morgan fingerprint density at radius 3 is 2.70 bits per heavy atom. The Kier molecular flexibility index (Phi) is 7.40. The molecule has 0 aliphatic carbocycles. The van der Waals surface area contributed by atoms with Crippen molar-refractivity contribution in [3.63, 3.8) is 0 Å². The van der Waals surface area contributed by atoms with Crippen LogP contribution in [0.1, 0.15) is 66.5 Å². The number of ether oxygens (including phenoxy) is 1. The number of aliphatic carboxylic acids is 1. The van der Waals surface area contributed by atoms with Crippen molar-refractivity contribution in [3.05, 3.63) is 87.7 Å². The standard InChI is InChI=1S/C32H37FN4O3/c1-7-23-17-37(18-25-26(33)9-8-10-28(25)40-23)16-22-15-21(12-11-19(22)2)29(32(4,5)31(38)39)24-13-14-27-30(20(24)3)34-35-36(27)6/h8-15,23,29H,7,16-18H2,1-6H3,(H,38,39). The van der Waals surface area contributed by atoms with Crippen molar-refractivity contribution in [2.45, 2.75) is 66.2 Å². The molecule has 1 aliphatic heterocycles. The molecule has 2 unspecified atom stereocenters. The number of nitrogens with zero attached hydrogens (tertiary/aromatic N) is 4. The molecular formula is C32H37FN4O3. The van der Waals surface area contributed by atoms with Crippen LogP contribution in [-0.4, -0.2) is 43.6 Å². The summed E-state index contributed by atoms with van der Waals surface area (Å²) >= 11 is 0. The largest absolute Gasteiger partial charge is 0.489 e. The highest BCUT2D eigenvalue weighted by molar-refractivity contribution is 5.81. The van der Waals surface area contributed by atoms with E-state index in [4.69, 9.17) is 4.74 Å². The number of rotatable bonds is 7. The van der Waals surface area contributed by atoms with Crippen LogP contribution in [0.4, 0.5) is 4.39 Å². The summed E-state index contributed by atoms with van der Waals surface area (Å²) in [6.07, 6.45) is 0.761. The van der Waals surface area contributed by atoms with Crippen LogP contribution in [0.5, 0.6) is 5.75 Å². The Morgan fingerprint density at radius 2 is 1.98 bits per heavy atom. The molecule has 2 heterocycles. The summed E-state index contributed by atoms with van der Waals surface area (Å²) in [4.78, 5) is 14.8. The van der Waals surface area contributed by atoms with E-state index in [2.05, 4.69) is 41.2 Å². The maximum Gasteiger partial charge on any atom is 0.310 e. The van der Waals surface area contributed by atoms with E-state index in [1.54, 1.807) is 24.6 Å². The van der Waals surface area contributed by atoms with Gasteiger partial charge in [-0.3, -0.25) is 9.69 Å². The third-order valence-corrected chi connectivity index (χ3v) is 8.43. The highest BCUT2D eigenvalue weighted by Gasteiger charge is 2.40. The zero-order chi connectivity index (χ0) is 28.8. The lowest BCUT2D eigenvalue weighted by Crippen LogP contribution is -2.33. The lowest BCUT2D eigenvalue weighted by molar-refractivity contribution is -0.147. The fourth-order valence-electron chi connectivity index (χ4n) is 5.88. The molecular weight excluding hydrogens is 507 g/mol. The van der Waals surface area contributed by atoms with Gasteiger partial charge >= 0.3 is 5.97 Å². The topological polar surface area (TPSA) is 80.5 Å². The first-order valence-corrected chi connectivity index (χ1v) is 13.8. The van der Waals surface area contributed by atoms with Crippen molar-refractivity contribution in [2.75, 3.05) is 6.54 Å². The Hall–Kier alpha value is -3.78. The van der Waals surface area contributed by atoms with Gasteiger partial charge in [0, 0.05) is 38.2 Å². The van der Waals surface area contributed by atoms with Crippen LogP contribution in [0.25, 0.3) is 11.0 Å². The van der Waals surface area contributed by atoms with Gasteiger partial charge in [0.1, 0.15) is 23.2 Å². The minimum Gasteiger partial charge on any atom is -0.489 e. The second kappa shape index (κ2) is 10.7. The maximum absolute atomic E-state index is 14.8. The van der Waals surface area contributed by atoms with E-state index in [0.717, 1.165) is 45.3 Å². The van der Waals surface area contributed by atoms with Crippen molar-refractivity contribution in [2.24, 2.45) is 12.5 Å². The van der Waals surface area contributed by atoms with E-state index < -0.39 is 17.3 Å². The molecule has 3 aromatic carbocycles. The van der Waals surface area contributed by atoms with Gasteiger partial charge in [-0.05, 0) is 80.1 Å². The highest BCUT2D eigenvalue weighted by Crippen LogP contribution is 2.44. The van der Waals surface area contributed by atoms with Gasteiger partial charge in [-0.15, -0.1) is 5.10 Å². The summed E-state index contributed by atoms with van der Waals surface area (Å²) in [5.41, 5.74) is 6.09. The lowest BCUT2D eigenvalue weighted by Gasteiger charge is -2.33. The van der Waals surface area contributed by atoms with Gasteiger partial charge in [-0.2, -0.15) is 0 Å². The minimum absolute atomic E-state index is 0.0495. The summed E-state index contributed by atoms with van der Waals surface area (Å²) in [5, 5.41) is 18.9. The summed E-state index contributed by atoms with van der Waals surface area (Å²) in [6, 6.07) is 15.2. The van der Waals surface area contributed by atoms with Gasteiger partial charge in [-0.1, -0.05) is 42.5 Å². The van der Waals surface area contributed by atoms with Gasteiger partial charge in [0.2, 0.25) is 0 Å². The average Bonchev–Trinajstić information content (AvgIpc) is 3.18. The third kappa shape index (κ3) is 4.96. The van der Waals surface area contributed by atoms with Crippen LogP contribution >= 0.6 is 0 Å². The number of halogens is 1. The molecule has 7 nitrogen and oxygen atoms in total. The zero-order valence-corrected chi connectivity index (χ0v) is 24.0. The Labute approximate surface area is 234 Å². The molecule has 0 saturated carbocycles. The van der Waals surface area contributed by atoms with Gasteiger partial charge in [-0.25, -0.2) is 9.07 Å². The minimum atomic E-state index is -1.10. The molecule has 1 aliphatic rings. The fraction of sp³-hybridized carbons (Fsp3) is 0.406.